The number of aromatic nitrogens is 2. The van der Waals surface area contributed by atoms with E-state index in [0.717, 1.165) is 34.0 Å². The Morgan fingerprint density at radius 3 is 2.28 bits per heavy atom. The summed E-state index contributed by atoms with van der Waals surface area (Å²) in [6, 6.07) is 32.4. The Morgan fingerprint density at radius 2 is 1.49 bits per heavy atom. The Hall–Kier alpha value is -5.04. The first-order valence-corrected chi connectivity index (χ1v) is 12.9. The Labute approximate surface area is 225 Å². The molecule has 3 heterocycles. The zero-order valence-electron chi connectivity index (χ0n) is 21.5. The molecule has 7 rings (SSSR count). The number of rotatable bonds is 3. The Kier molecular flexibility index (Phi) is 5.37. The number of amidine groups is 2. The number of halogens is 1. The smallest absolute Gasteiger partial charge is 0.179 e. The molecule has 7 heteroatoms. The topological polar surface area (TPSA) is 57.8 Å². The van der Waals surface area contributed by atoms with Gasteiger partial charge in [0.2, 0.25) is 0 Å². The molecule has 1 atom stereocenters. The highest BCUT2D eigenvalue weighted by Gasteiger charge is 2.42. The van der Waals surface area contributed by atoms with Gasteiger partial charge in [0.25, 0.3) is 0 Å². The van der Waals surface area contributed by atoms with Crippen molar-refractivity contribution in [3.63, 3.8) is 0 Å². The van der Waals surface area contributed by atoms with E-state index in [4.69, 9.17) is 15.1 Å². The lowest BCUT2D eigenvalue weighted by molar-refractivity contribution is 0.597. The van der Waals surface area contributed by atoms with Gasteiger partial charge in [0.05, 0.1) is 28.8 Å². The molecule has 0 spiro atoms. The van der Waals surface area contributed by atoms with Crippen LogP contribution in [0.1, 0.15) is 28.4 Å². The number of hydrogen-bond acceptors (Lipinski definition) is 5. The van der Waals surface area contributed by atoms with E-state index in [1.807, 2.05) is 103 Å². The zero-order chi connectivity index (χ0) is 26.5. The number of nitrogens with one attached hydrogen (secondary N) is 1. The normalized spacial score (nSPS) is 15.6. The van der Waals surface area contributed by atoms with Gasteiger partial charge in [-0.2, -0.15) is 5.10 Å². The summed E-state index contributed by atoms with van der Waals surface area (Å²) in [6.45, 7) is 4.01. The second-order valence-electron chi connectivity index (χ2n) is 9.74. The molecule has 1 unspecified atom stereocenters. The summed E-state index contributed by atoms with van der Waals surface area (Å²) in [5.41, 5.74) is 6.78. The molecule has 4 aromatic carbocycles. The van der Waals surface area contributed by atoms with E-state index in [1.165, 1.54) is 11.6 Å². The van der Waals surface area contributed by atoms with Crippen LogP contribution in [0.25, 0.3) is 5.69 Å². The molecule has 2 aliphatic heterocycles. The molecule has 39 heavy (non-hydrogen) atoms. The van der Waals surface area contributed by atoms with Gasteiger partial charge in [-0.1, -0.05) is 66.2 Å². The molecule has 0 fully saturated rings. The fourth-order valence-electron chi connectivity index (χ4n) is 5.31. The number of nitrogens with zero attached hydrogens (tertiary/aromatic N) is 5. The summed E-state index contributed by atoms with van der Waals surface area (Å²) in [5.74, 6) is 1.57. The van der Waals surface area contributed by atoms with Crippen LogP contribution in [-0.2, 0) is 0 Å². The summed E-state index contributed by atoms with van der Waals surface area (Å²) in [7, 11) is 0. The predicted octanol–water partition coefficient (Wildman–Crippen LogP) is 7.42. The number of hydrogen-bond donors (Lipinski definition) is 1. The van der Waals surface area contributed by atoms with Crippen molar-refractivity contribution in [2.45, 2.75) is 19.9 Å². The molecule has 190 valence electrons. The Morgan fingerprint density at radius 1 is 0.769 bits per heavy atom. The maximum atomic E-state index is 15.6. The molecule has 0 saturated carbocycles. The molecule has 6 nitrogen and oxygen atoms in total. The molecule has 0 bridgehead atoms. The lowest BCUT2D eigenvalue weighted by Crippen LogP contribution is -2.46. The summed E-state index contributed by atoms with van der Waals surface area (Å²) in [4.78, 5) is 12.3. The van der Waals surface area contributed by atoms with Gasteiger partial charge in [-0.25, -0.2) is 19.1 Å². The second-order valence-corrected chi connectivity index (χ2v) is 9.74. The van der Waals surface area contributed by atoms with Crippen molar-refractivity contribution in [3.8, 4) is 5.69 Å². The van der Waals surface area contributed by atoms with Crippen LogP contribution in [0.2, 0.25) is 0 Å². The van der Waals surface area contributed by atoms with Crippen molar-refractivity contribution in [2.24, 2.45) is 9.98 Å². The third-order valence-corrected chi connectivity index (χ3v) is 7.15. The highest BCUT2D eigenvalue weighted by atomic mass is 19.1. The molecule has 0 radical (unpaired) electrons. The number of aliphatic imine (C=N–C) groups is 2. The molecule has 2 aliphatic rings. The monoisotopic (exact) mass is 512 g/mol. The van der Waals surface area contributed by atoms with Crippen LogP contribution in [-0.4, -0.2) is 21.5 Å². The highest BCUT2D eigenvalue weighted by Crippen LogP contribution is 2.48. The zero-order valence-corrected chi connectivity index (χ0v) is 21.5. The summed E-state index contributed by atoms with van der Waals surface area (Å²) in [6.07, 6.45) is 0. The number of benzene rings is 4. The molecule has 0 aliphatic carbocycles. The first-order valence-electron chi connectivity index (χ1n) is 12.9. The number of anilines is 2. The first kappa shape index (κ1) is 23.1. The largest absolute Gasteiger partial charge is 0.337 e. The van der Waals surface area contributed by atoms with Crippen molar-refractivity contribution < 1.29 is 4.39 Å². The maximum Gasteiger partial charge on any atom is 0.179 e. The van der Waals surface area contributed by atoms with Crippen molar-refractivity contribution in [3.05, 3.63) is 131 Å². The quantitative estimate of drug-likeness (QED) is 0.274. The average Bonchev–Trinajstić information content (AvgIpc) is 3.30. The fraction of sp³-hybridized carbons (Fsp3) is 0.0938. The highest BCUT2D eigenvalue weighted by molar-refractivity contribution is 6.51. The van der Waals surface area contributed by atoms with Crippen LogP contribution in [0, 0.1) is 19.7 Å². The fourth-order valence-corrected chi connectivity index (χ4v) is 5.31. The van der Waals surface area contributed by atoms with Crippen LogP contribution in [0.3, 0.4) is 0 Å². The Bertz CT molecular complexity index is 1770. The van der Waals surface area contributed by atoms with Gasteiger partial charge in [-0.15, -0.1) is 0 Å². The van der Waals surface area contributed by atoms with Gasteiger partial charge in [0.1, 0.15) is 5.82 Å². The van der Waals surface area contributed by atoms with Gasteiger partial charge in [0.15, 0.2) is 17.5 Å². The van der Waals surface area contributed by atoms with Gasteiger partial charge in [-0.05, 0) is 56.3 Å². The van der Waals surface area contributed by atoms with Crippen LogP contribution in [0.4, 0.5) is 27.3 Å². The molecular formula is C32H25FN6. The first-order chi connectivity index (χ1) is 19.1. The third kappa shape index (κ3) is 3.82. The lowest BCUT2D eigenvalue weighted by atomic mass is 9.93. The van der Waals surface area contributed by atoms with Crippen LogP contribution in [0.5, 0.6) is 0 Å². The number of fused-ring (bicyclic) bond motifs is 4. The summed E-state index contributed by atoms with van der Waals surface area (Å²) < 4.78 is 17.4. The minimum Gasteiger partial charge on any atom is -0.337 e. The van der Waals surface area contributed by atoms with E-state index in [9.17, 15) is 0 Å². The van der Waals surface area contributed by atoms with Gasteiger partial charge in [0, 0.05) is 16.8 Å². The van der Waals surface area contributed by atoms with Crippen LogP contribution >= 0.6 is 0 Å². The number of para-hydroxylation sites is 3. The summed E-state index contributed by atoms with van der Waals surface area (Å²) in [5, 5.41) is 8.39. The third-order valence-electron chi connectivity index (χ3n) is 7.15. The van der Waals surface area contributed by atoms with Crippen molar-refractivity contribution in [2.75, 3.05) is 10.2 Å². The molecule has 0 saturated heterocycles. The van der Waals surface area contributed by atoms with Gasteiger partial charge < -0.3 is 10.2 Å². The van der Waals surface area contributed by atoms with Crippen molar-refractivity contribution in [1.82, 2.24) is 9.78 Å². The molecule has 1 aromatic heterocycles. The van der Waals surface area contributed by atoms with Crippen LogP contribution < -0.4 is 10.2 Å². The van der Waals surface area contributed by atoms with E-state index >= 15 is 4.39 Å². The average molecular weight is 513 g/mol. The van der Waals surface area contributed by atoms with Crippen molar-refractivity contribution >= 4 is 34.6 Å². The van der Waals surface area contributed by atoms with E-state index in [-0.39, 0.29) is 5.82 Å². The van der Waals surface area contributed by atoms with Crippen molar-refractivity contribution in [1.29, 1.82) is 0 Å². The minimum atomic E-state index is -0.502. The van der Waals surface area contributed by atoms with Crippen LogP contribution in [0.15, 0.2) is 113 Å². The Balaban J connectivity index is 1.51. The minimum absolute atomic E-state index is 0.283. The number of aryl methyl sites for hydroxylation is 2. The molecule has 5 aromatic rings. The molecular weight excluding hydrogens is 487 g/mol. The second kappa shape index (κ2) is 9.06. The molecule has 0 amide bonds. The standard InChI is InChI=1S/C32H25FN6/c1-20-16-18-22(19-17-20)34-30-32-36-31-28(21(2)37-39(31)23-10-4-3-5-11-23)29(24-12-6-7-13-25(24)33)38(32)27-15-9-8-14-26(27)35-30/h3-19,29H,1-2H3,(H,34,35). The lowest BCUT2D eigenvalue weighted by Gasteiger charge is -2.40. The predicted molar refractivity (Wildman–Crippen MR) is 154 cm³/mol. The van der Waals surface area contributed by atoms with E-state index in [0.29, 0.717) is 23.1 Å². The van der Waals surface area contributed by atoms with E-state index in [1.54, 1.807) is 6.07 Å². The summed E-state index contributed by atoms with van der Waals surface area (Å²) >= 11 is 0. The van der Waals surface area contributed by atoms with Gasteiger partial charge >= 0.3 is 0 Å². The SMILES string of the molecule is Cc1ccc(NC2=Nc3ccccc3N3C2=Nc2c(c(C)nn2-c2ccccc2)C3c2ccccc2F)cc1. The van der Waals surface area contributed by atoms with Gasteiger partial charge in [-0.3, -0.25) is 0 Å². The maximum absolute atomic E-state index is 15.6. The van der Waals surface area contributed by atoms with E-state index in [2.05, 4.69) is 17.1 Å². The molecule has 1 N–H and O–H groups in total. The van der Waals surface area contributed by atoms with E-state index < -0.39 is 6.04 Å².